The molecule has 0 radical (unpaired) electrons. The average Bonchev–Trinajstić information content (AvgIpc) is 2.67. The summed E-state index contributed by atoms with van der Waals surface area (Å²) in [5.41, 5.74) is -1.50. The van der Waals surface area contributed by atoms with E-state index in [1.165, 1.54) is 6.08 Å². The fourth-order valence-corrected chi connectivity index (χ4v) is 3.12. The first-order chi connectivity index (χ1) is 14.8. The second kappa shape index (κ2) is 9.98. The molecule has 6 nitrogen and oxygen atoms in total. The molecule has 174 valence electrons. The van der Waals surface area contributed by atoms with Gasteiger partial charge in [0.25, 0.3) is 0 Å². The first kappa shape index (κ1) is 25.1. The summed E-state index contributed by atoms with van der Waals surface area (Å²) in [4.78, 5) is 12.0. The number of amides is 1. The molecular weight excluding hydrogens is 459 g/mol. The maximum absolute atomic E-state index is 14.0. The van der Waals surface area contributed by atoms with Crippen LogP contribution in [0.15, 0.2) is 36.4 Å². The Balaban J connectivity index is 2.10. The van der Waals surface area contributed by atoms with Crippen LogP contribution in [-0.4, -0.2) is 27.2 Å². The molecule has 0 atom stereocenters. The second-order valence-corrected chi connectivity index (χ2v) is 8.29. The molecule has 0 saturated heterocycles. The Morgan fingerprint density at radius 1 is 1.12 bits per heavy atom. The minimum Gasteiger partial charge on any atom is -0.493 e. The number of anilines is 1. The number of sulfonamides is 1. The zero-order chi connectivity index (χ0) is 24.1. The zero-order valence-corrected chi connectivity index (χ0v) is 17.7. The lowest BCUT2D eigenvalue weighted by molar-refractivity contribution is -0.137. The first-order valence-electron chi connectivity index (χ1n) is 9.06. The zero-order valence-electron chi connectivity index (χ0n) is 16.9. The van der Waals surface area contributed by atoms with E-state index < -0.39 is 45.0 Å². The molecule has 2 aromatic rings. The van der Waals surface area contributed by atoms with Crippen LogP contribution in [0.25, 0.3) is 6.08 Å². The number of rotatable bonds is 8. The number of ether oxygens (including phenoxy) is 1. The summed E-state index contributed by atoms with van der Waals surface area (Å²) in [6.07, 6.45) is -1.55. The van der Waals surface area contributed by atoms with Crippen molar-refractivity contribution in [2.75, 3.05) is 17.6 Å². The van der Waals surface area contributed by atoms with Gasteiger partial charge in [-0.05, 0) is 42.8 Å². The van der Waals surface area contributed by atoms with Gasteiger partial charge in [-0.3, -0.25) is 9.52 Å². The average molecular weight is 478 g/mol. The van der Waals surface area contributed by atoms with Crippen LogP contribution in [0.2, 0.25) is 0 Å². The maximum atomic E-state index is 14.0. The minimum absolute atomic E-state index is 0.0188. The topological polar surface area (TPSA) is 84.5 Å². The van der Waals surface area contributed by atoms with Gasteiger partial charge in [-0.25, -0.2) is 17.2 Å². The van der Waals surface area contributed by atoms with Crippen molar-refractivity contribution < 1.29 is 39.9 Å². The summed E-state index contributed by atoms with van der Waals surface area (Å²) in [5.74, 6) is -3.08. The highest BCUT2D eigenvalue weighted by atomic mass is 32.2. The third-order valence-corrected chi connectivity index (χ3v) is 4.49. The van der Waals surface area contributed by atoms with Crippen LogP contribution in [0.1, 0.15) is 23.6 Å². The molecule has 0 heterocycles. The van der Waals surface area contributed by atoms with Gasteiger partial charge >= 0.3 is 6.18 Å². The molecule has 0 bridgehead atoms. The molecule has 2 aromatic carbocycles. The maximum Gasteiger partial charge on any atom is 0.416 e. The predicted molar refractivity (Wildman–Crippen MR) is 108 cm³/mol. The molecular formula is C20H19F5N2O4S. The van der Waals surface area contributed by atoms with Crippen LogP contribution in [0.4, 0.5) is 27.6 Å². The lowest BCUT2D eigenvalue weighted by atomic mass is 10.1. The second-order valence-electron chi connectivity index (χ2n) is 6.54. The Bertz CT molecular complexity index is 1110. The normalized spacial score (nSPS) is 12.1. The van der Waals surface area contributed by atoms with Crippen molar-refractivity contribution in [3.05, 3.63) is 64.7 Å². The Hall–Kier alpha value is -3.15. The van der Waals surface area contributed by atoms with E-state index in [1.54, 1.807) is 11.6 Å². The van der Waals surface area contributed by atoms with E-state index in [9.17, 15) is 35.2 Å². The van der Waals surface area contributed by atoms with E-state index >= 15 is 0 Å². The summed E-state index contributed by atoms with van der Waals surface area (Å²) in [6, 6.07) is 4.51. The number of hydrogen-bond acceptors (Lipinski definition) is 4. The Morgan fingerprint density at radius 3 is 2.28 bits per heavy atom. The molecule has 0 saturated carbocycles. The third kappa shape index (κ3) is 7.22. The van der Waals surface area contributed by atoms with Gasteiger partial charge < -0.3 is 10.1 Å². The summed E-state index contributed by atoms with van der Waals surface area (Å²) in [5, 5.41) is 2.36. The van der Waals surface area contributed by atoms with E-state index in [-0.39, 0.29) is 30.0 Å². The molecule has 0 aliphatic rings. The lowest BCUT2D eigenvalue weighted by Gasteiger charge is -2.12. The van der Waals surface area contributed by atoms with Crippen LogP contribution in [0.3, 0.4) is 0 Å². The third-order valence-electron chi connectivity index (χ3n) is 3.91. The molecule has 0 spiro atoms. The van der Waals surface area contributed by atoms with Crippen LogP contribution in [-0.2, 0) is 27.5 Å². The minimum atomic E-state index is -4.55. The smallest absolute Gasteiger partial charge is 0.416 e. The largest absolute Gasteiger partial charge is 0.493 e. The van der Waals surface area contributed by atoms with Crippen LogP contribution in [0, 0.1) is 11.6 Å². The monoisotopic (exact) mass is 478 g/mol. The van der Waals surface area contributed by atoms with E-state index in [0.717, 1.165) is 42.7 Å². The molecule has 2 rings (SSSR count). The van der Waals surface area contributed by atoms with Gasteiger partial charge in [-0.1, -0.05) is 6.07 Å². The molecule has 32 heavy (non-hydrogen) atoms. The van der Waals surface area contributed by atoms with Gasteiger partial charge in [0.05, 0.1) is 18.4 Å². The molecule has 0 unspecified atom stereocenters. The quantitative estimate of drug-likeness (QED) is 0.442. The molecule has 2 N–H and O–H groups in total. The Labute approximate surface area is 181 Å². The van der Waals surface area contributed by atoms with Gasteiger partial charge in [-0.15, -0.1) is 0 Å². The Morgan fingerprint density at radius 2 is 1.75 bits per heavy atom. The number of benzene rings is 2. The summed E-state index contributed by atoms with van der Waals surface area (Å²) in [6.45, 7) is 1.41. The van der Waals surface area contributed by atoms with Crippen LogP contribution < -0.4 is 14.8 Å². The summed E-state index contributed by atoms with van der Waals surface area (Å²) < 4.78 is 95.7. The van der Waals surface area contributed by atoms with Crippen molar-refractivity contribution in [1.82, 2.24) is 5.32 Å². The number of halogens is 5. The van der Waals surface area contributed by atoms with Crippen LogP contribution in [0.5, 0.6) is 5.75 Å². The van der Waals surface area contributed by atoms with Gasteiger partial charge in [-0.2, -0.15) is 13.2 Å². The van der Waals surface area contributed by atoms with Gasteiger partial charge in [0.1, 0.15) is 11.4 Å². The van der Waals surface area contributed by atoms with E-state index in [0.29, 0.717) is 0 Å². The highest BCUT2D eigenvalue weighted by Gasteiger charge is 2.31. The highest BCUT2D eigenvalue weighted by Crippen LogP contribution is 2.33. The number of alkyl halides is 3. The standard InChI is InChI=1S/C20H19F5N2O4S/c1-3-31-17-10-14(20(23,24)25)6-4-13(17)5-7-18(28)26-11-12-8-15(21)19(16(22)9-12)27-32(2,29)30/h4-10,27H,3,11H2,1-2H3,(H,26,28). The van der Waals surface area contributed by atoms with Gasteiger partial charge in [0, 0.05) is 18.2 Å². The SMILES string of the molecule is CCOc1cc(C(F)(F)F)ccc1C=CC(=O)NCc1cc(F)c(NS(C)(=O)=O)c(F)c1. The lowest BCUT2D eigenvalue weighted by Crippen LogP contribution is -2.21. The Kier molecular flexibility index (Phi) is 7.83. The molecule has 1 amide bonds. The fourth-order valence-electron chi connectivity index (χ4n) is 2.55. The van der Waals surface area contributed by atoms with Crippen molar-refractivity contribution in [2.45, 2.75) is 19.6 Å². The highest BCUT2D eigenvalue weighted by molar-refractivity contribution is 7.92. The van der Waals surface area contributed by atoms with Crippen molar-refractivity contribution in [3.8, 4) is 5.75 Å². The molecule has 0 aromatic heterocycles. The van der Waals surface area contributed by atoms with E-state index in [1.807, 2.05) is 0 Å². The number of nitrogens with one attached hydrogen (secondary N) is 2. The number of carbonyl (C=O) groups is 1. The summed E-state index contributed by atoms with van der Waals surface area (Å²) >= 11 is 0. The predicted octanol–water partition coefficient (Wildman–Crippen LogP) is 4.08. The summed E-state index contributed by atoms with van der Waals surface area (Å²) in [7, 11) is -3.89. The number of carbonyl (C=O) groups excluding carboxylic acids is 1. The molecule has 0 aliphatic carbocycles. The van der Waals surface area contributed by atoms with Gasteiger partial charge in [0.15, 0.2) is 11.6 Å². The fraction of sp³-hybridized carbons (Fsp3) is 0.250. The van der Waals surface area contributed by atoms with E-state index in [2.05, 4.69) is 5.32 Å². The number of hydrogen-bond donors (Lipinski definition) is 2. The van der Waals surface area contributed by atoms with E-state index in [4.69, 9.17) is 4.74 Å². The molecule has 12 heteroatoms. The van der Waals surface area contributed by atoms with Crippen molar-refractivity contribution in [1.29, 1.82) is 0 Å². The first-order valence-corrected chi connectivity index (χ1v) is 10.9. The molecule has 0 aliphatic heterocycles. The van der Waals surface area contributed by atoms with Crippen LogP contribution >= 0.6 is 0 Å². The van der Waals surface area contributed by atoms with Crippen molar-refractivity contribution >= 4 is 27.7 Å². The van der Waals surface area contributed by atoms with Crippen molar-refractivity contribution in [3.63, 3.8) is 0 Å². The van der Waals surface area contributed by atoms with Crippen molar-refractivity contribution in [2.24, 2.45) is 0 Å². The molecule has 0 fully saturated rings. The van der Waals surface area contributed by atoms with Gasteiger partial charge in [0.2, 0.25) is 15.9 Å².